The van der Waals surface area contributed by atoms with Gasteiger partial charge in [-0.1, -0.05) is 18.2 Å². The van der Waals surface area contributed by atoms with E-state index in [9.17, 15) is 9.59 Å². The molecule has 0 unspecified atom stereocenters. The van der Waals surface area contributed by atoms with Gasteiger partial charge in [0.05, 0.1) is 29.3 Å². The van der Waals surface area contributed by atoms with Gasteiger partial charge in [0.25, 0.3) is 5.91 Å². The molecule has 6 nitrogen and oxygen atoms in total. The highest BCUT2D eigenvalue weighted by Gasteiger charge is 2.14. The third kappa shape index (κ3) is 4.67. The third-order valence-corrected chi connectivity index (χ3v) is 3.90. The molecule has 0 fully saturated rings. The minimum Gasteiger partial charge on any atom is -0.463 e. The molecule has 0 saturated heterocycles. The fourth-order valence-electron chi connectivity index (χ4n) is 2.72. The molecular formula is C21H21N3O3. The topological polar surface area (TPSA) is 81.2 Å². The normalized spacial score (nSPS) is 10.8. The SMILES string of the molecule is CC(C)OC(=O)CCNC(=O)c1cc(-c2cccnc2)nc2ccccc12. The number of carbonyl (C=O) groups is 2. The lowest BCUT2D eigenvalue weighted by Gasteiger charge is -2.11. The van der Waals surface area contributed by atoms with Crippen LogP contribution in [0.5, 0.6) is 0 Å². The number of carbonyl (C=O) groups excluding carboxylic acids is 2. The molecule has 0 saturated carbocycles. The number of ether oxygens (including phenoxy) is 1. The number of amides is 1. The molecule has 1 aromatic carbocycles. The lowest BCUT2D eigenvalue weighted by atomic mass is 10.0. The predicted molar refractivity (Wildman–Crippen MR) is 103 cm³/mol. The highest BCUT2D eigenvalue weighted by molar-refractivity contribution is 6.07. The van der Waals surface area contributed by atoms with E-state index in [2.05, 4.69) is 15.3 Å². The van der Waals surface area contributed by atoms with Crippen LogP contribution in [0.4, 0.5) is 0 Å². The number of pyridine rings is 2. The van der Waals surface area contributed by atoms with Crippen LogP contribution in [0.15, 0.2) is 54.9 Å². The van der Waals surface area contributed by atoms with Crippen molar-refractivity contribution in [3.63, 3.8) is 0 Å². The molecule has 2 heterocycles. The second-order valence-electron chi connectivity index (χ2n) is 6.36. The predicted octanol–water partition coefficient (Wildman–Crippen LogP) is 3.37. The molecule has 6 heteroatoms. The number of hydrogen-bond acceptors (Lipinski definition) is 5. The summed E-state index contributed by atoms with van der Waals surface area (Å²) in [6, 6.07) is 12.9. The summed E-state index contributed by atoms with van der Waals surface area (Å²) in [5.74, 6) is -0.586. The van der Waals surface area contributed by atoms with E-state index in [0.29, 0.717) is 11.3 Å². The van der Waals surface area contributed by atoms with Crippen molar-refractivity contribution in [1.29, 1.82) is 0 Å². The van der Waals surface area contributed by atoms with Gasteiger partial charge in [-0.25, -0.2) is 4.98 Å². The van der Waals surface area contributed by atoms with Gasteiger partial charge in [-0.3, -0.25) is 14.6 Å². The van der Waals surface area contributed by atoms with Crippen LogP contribution in [0.1, 0.15) is 30.6 Å². The molecular weight excluding hydrogens is 342 g/mol. The van der Waals surface area contributed by atoms with E-state index in [1.54, 1.807) is 32.3 Å². The second kappa shape index (κ2) is 8.40. The van der Waals surface area contributed by atoms with Gasteiger partial charge >= 0.3 is 5.97 Å². The van der Waals surface area contributed by atoms with Gasteiger partial charge in [-0.2, -0.15) is 0 Å². The van der Waals surface area contributed by atoms with E-state index in [1.165, 1.54) is 0 Å². The van der Waals surface area contributed by atoms with Crippen LogP contribution < -0.4 is 5.32 Å². The van der Waals surface area contributed by atoms with Crippen molar-refractivity contribution in [3.8, 4) is 11.3 Å². The van der Waals surface area contributed by atoms with Crippen molar-refractivity contribution >= 4 is 22.8 Å². The summed E-state index contributed by atoms with van der Waals surface area (Å²) < 4.78 is 5.08. The average Bonchev–Trinajstić information content (AvgIpc) is 2.67. The van der Waals surface area contributed by atoms with Crippen LogP contribution in [0.25, 0.3) is 22.2 Å². The molecule has 2 aromatic heterocycles. The minimum absolute atomic E-state index is 0.127. The van der Waals surface area contributed by atoms with Crippen molar-refractivity contribution in [1.82, 2.24) is 15.3 Å². The Balaban J connectivity index is 1.84. The number of esters is 1. The molecule has 0 radical (unpaired) electrons. The Labute approximate surface area is 157 Å². The lowest BCUT2D eigenvalue weighted by molar-refractivity contribution is -0.147. The highest BCUT2D eigenvalue weighted by atomic mass is 16.5. The number of nitrogens with one attached hydrogen (secondary N) is 1. The quantitative estimate of drug-likeness (QED) is 0.679. The van der Waals surface area contributed by atoms with Crippen LogP contribution in [0, 0.1) is 0 Å². The monoisotopic (exact) mass is 363 g/mol. The zero-order valence-electron chi connectivity index (χ0n) is 15.3. The summed E-state index contributed by atoms with van der Waals surface area (Å²) in [5.41, 5.74) is 2.74. The van der Waals surface area contributed by atoms with E-state index >= 15 is 0 Å². The van der Waals surface area contributed by atoms with Crippen LogP contribution in [-0.2, 0) is 9.53 Å². The fraction of sp³-hybridized carbons (Fsp3) is 0.238. The maximum atomic E-state index is 12.7. The smallest absolute Gasteiger partial charge is 0.307 e. The highest BCUT2D eigenvalue weighted by Crippen LogP contribution is 2.24. The fourth-order valence-corrected chi connectivity index (χ4v) is 2.72. The van der Waals surface area contributed by atoms with Gasteiger partial charge < -0.3 is 10.1 Å². The van der Waals surface area contributed by atoms with E-state index in [-0.39, 0.29) is 30.9 Å². The zero-order valence-corrected chi connectivity index (χ0v) is 15.3. The summed E-state index contributed by atoms with van der Waals surface area (Å²) >= 11 is 0. The number of para-hydroxylation sites is 1. The number of rotatable bonds is 6. The van der Waals surface area contributed by atoms with Crippen LogP contribution in [-0.4, -0.2) is 34.5 Å². The van der Waals surface area contributed by atoms with E-state index in [1.807, 2.05) is 36.4 Å². The summed E-state index contributed by atoms with van der Waals surface area (Å²) in [4.78, 5) is 33.1. The summed E-state index contributed by atoms with van der Waals surface area (Å²) in [7, 11) is 0. The Morgan fingerprint density at radius 2 is 1.96 bits per heavy atom. The van der Waals surface area contributed by atoms with Crippen LogP contribution >= 0.6 is 0 Å². The van der Waals surface area contributed by atoms with Gasteiger partial charge in [0.1, 0.15) is 0 Å². The van der Waals surface area contributed by atoms with Gasteiger partial charge in [0.15, 0.2) is 0 Å². The number of fused-ring (bicyclic) bond motifs is 1. The number of aromatic nitrogens is 2. The van der Waals surface area contributed by atoms with Crippen molar-refractivity contribution in [2.45, 2.75) is 26.4 Å². The van der Waals surface area contributed by atoms with E-state index in [4.69, 9.17) is 4.74 Å². The molecule has 0 aliphatic rings. The number of hydrogen-bond donors (Lipinski definition) is 1. The lowest BCUT2D eigenvalue weighted by Crippen LogP contribution is -2.27. The van der Waals surface area contributed by atoms with Gasteiger partial charge in [-0.05, 0) is 38.1 Å². The first-order valence-corrected chi connectivity index (χ1v) is 8.82. The Morgan fingerprint density at radius 1 is 1.15 bits per heavy atom. The van der Waals surface area contributed by atoms with Crippen molar-refractivity contribution in [2.24, 2.45) is 0 Å². The maximum Gasteiger partial charge on any atom is 0.307 e. The molecule has 138 valence electrons. The first-order valence-electron chi connectivity index (χ1n) is 8.82. The third-order valence-electron chi connectivity index (χ3n) is 3.90. The molecule has 3 rings (SSSR count). The Kier molecular flexibility index (Phi) is 5.76. The maximum absolute atomic E-state index is 12.7. The van der Waals surface area contributed by atoms with Crippen LogP contribution in [0.2, 0.25) is 0 Å². The second-order valence-corrected chi connectivity index (χ2v) is 6.36. The van der Waals surface area contributed by atoms with Crippen molar-refractivity contribution in [2.75, 3.05) is 6.54 Å². The van der Waals surface area contributed by atoms with E-state index in [0.717, 1.165) is 16.5 Å². The molecule has 0 aliphatic carbocycles. The van der Waals surface area contributed by atoms with Crippen molar-refractivity contribution < 1.29 is 14.3 Å². The first kappa shape index (κ1) is 18.5. The van der Waals surface area contributed by atoms with Gasteiger partial charge in [-0.15, -0.1) is 0 Å². The number of benzene rings is 1. The average molecular weight is 363 g/mol. The zero-order chi connectivity index (χ0) is 19.2. The minimum atomic E-state index is -0.332. The molecule has 0 spiro atoms. The summed E-state index contributed by atoms with van der Waals surface area (Å²) in [6.07, 6.45) is 3.36. The molecule has 27 heavy (non-hydrogen) atoms. The molecule has 0 aliphatic heterocycles. The molecule has 1 N–H and O–H groups in total. The molecule has 3 aromatic rings. The van der Waals surface area contributed by atoms with Gasteiger partial charge in [0, 0.05) is 29.9 Å². The molecule has 0 atom stereocenters. The standard InChI is InChI=1S/C21H21N3O3/c1-14(2)27-20(25)9-11-23-21(26)17-12-19(15-6-5-10-22-13-15)24-18-8-4-3-7-16(17)18/h3-8,10,12-14H,9,11H2,1-2H3,(H,23,26). The Bertz CT molecular complexity index is 955. The Hall–Kier alpha value is -3.28. The number of nitrogens with zero attached hydrogens (tertiary/aromatic N) is 2. The molecule has 0 bridgehead atoms. The summed E-state index contributed by atoms with van der Waals surface area (Å²) in [5, 5.41) is 3.55. The first-order chi connectivity index (χ1) is 13.0. The largest absolute Gasteiger partial charge is 0.463 e. The van der Waals surface area contributed by atoms with Crippen LogP contribution in [0.3, 0.4) is 0 Å². The Morgan fingerprint density at radius 3 is 2.70 bits per heavy atom. The summed E-state index contributed by atoms with van der Waals surface area (Å²) in [6.45, 7) is 3.79. The van der Waals surface area contributed by atoms with Crippen molar-refractivity contribution in [3.05, 3.63) is 60.4 Å². The molecule has 1 amide bonds. The van der Waals surface area contributed by atoms with Gasteiger partial charge in [0.2, 0.25) is 0 Å². The van der Waals surface area contributed by atoms with E-state index < -0.39 is 0 Å².